The van der Waals surface area contributed by atoms with Gasteiger partial charge in [-0.1, -0.05) is 26.0 Å². The second-order valence-corrected chi connectivity index (χ2v) is 7.49. The Balaban J connectivity index is 1.94. The normalized spacial score (nSPS) is 26.4. The van der Waals surface area contributed by atoms with Crippen LogP contribution in [0.4, 0.5) is 0 Å². The summed E-state index contributed by atoms with van der Waals surface area (Å²) in [5, 5.41) is 28.4. The first-order valence-corrected chi connectivity index (χ1v) is 9.86. The molecule has 1 fully saturated rings. The summed E-state index contributed by atoms with van der Waals surface area (Å²) in [7, 11) is 1.64. The largest absolute Gasteiger partial charge is 0.497 e. The number of aliphatic hydroxyl groups is 3. The molecule has 0 spiro atoms. The maximum absolute atomic E-state index is 10.1. The van der Waals surface area contributed by atoms with Crippen LogP contribution in [0.3, 0.4) is 0 Å². The molecule has 0 radical (unpaired) electrons. The van der Waals surface area contributed by atoms with Crippen LogP contribution in [0.1, 0.15) is 51.4 Å². The van der Waals surface area contributed by atoms with Crippen molar-refractivity contribution in [3.05, 3.63) is 29.8 Å². The molecule has 6 atom stereocenters. The molecule has 0 bridgehead atoms. The Labute approximate surface area is 162 Å². The molecule has 1 saturated heterocycles. The van der Waals surface area contributed by atoms with Gasteiger partial charge in [-0.25, -0.2) is 0 Å². The second-order valence-electron chi connectivity index (χ2n) is 7.49. The van der Waals surface area contributed by atoms with E-state index in [1.807, 2.05) is 24.3 Å². The molecule has 1 unspecified atom stereocenters. The highest BCUT2D eigenvalue weighted by atomic mass is 16.7. The van der Waals surface area contributed by atoms with Crippen molar-refractivity contribution in [1.29, 1.82) is 0 Å². The Hall–Kier alpha value is -1.18. The fraction of sp³-hybridized carbons (Fsp3) is 0.714. The van der Waals surface area contributed by atoms with E-state index < -0.39 is 18.5 Å². The summed E-state index contributed by atoms with van der Waals surface area (Å²) in [6.07, 6.45) is 0.695. The lowest BCUT2D eigenvalue weighted by atomic mass is 9.86. The standard InChI is InChI=1S/C21H34O6/c1-4-15-13-26-21(16-6-9-19(25-3)10-7-16)27-20(15)14(2)5-8-17(23)11-18(24)12-22/h6-7,9-10,14-15,17-18,20-24H,4-5,8,11-13H2,1-3H3/t14-,15-,17-,18+,20-,21?/m1/s1. The molecule has 0 saturated carbocycles. The van der Waals surface area contributed by atoms with Crippen molar-refractivity contribution >= 4 is 0 Å². The number of benzene rings is 1. The van der Waals surface area contributed by atoms with E-state index in [-0.39, 0.29) is 25.0 Å². The summed E-state index contributed by atoms with van der Waals surface area (Å²) in [4.78, 5) is 0. The number of ether oxygens (including phenoxy) is 3. The van der Waals surface area contributed by atoms with Crippen LogP contribution in [0.2, 0.25) is 0 Å². The molecule has 1 aliphatic heterocycles. The van der Waals surface area contributed by atoms with Crippen molar-refractivity contribution < 1.29 is 29.5 Å². The minimum absolute atomic E-state index is 0.0471. The number of methoxy groups -OCH3 is 1. The van der Waals surface area contributed by atoms with Crippen molar-refractivity contribution in [3.8, 4) is 5.75 Å². The van der Waals surface area contributed by atoms with E-state index in [0.717, 1.165) is 24.2 Å². The lowest BCUT2D eigenvalue weighted by Crippen LogP contribution is -2.40. The van der Waals surface area contributed by atoms with Gasteiger partial charge in [-0.2, -0.15) is 0 Å². The first kappa shape index (κ1) is 22.1. The highest BCUT2D eigenvalue weighted by Gasteiger charge is 2.35. The van der Waals surface area contributed by atoms with Gasteiger partial charge in [-0.05, 0) is 37.3 Å². The molecule has 1 aliphatic rings. The van der Waals surface area contributed by atoms with Gasteiger partial charge >= 0.3 is 0 Å². The van der Waals surface area contributed by atoms with Crippen LogP contribution >= 0.6 is 0 Å². The maximum atomic E-state index is 10.1. The molecule has 3 N–H and O–H groups in total. The average molecular weight is 382 g/mol. The second kappa shape index (κ2) is 11.0. The van der Waals surface area contributed by atoms with Crippen LogP contribution in [0.5, 0.6) is 5.75 Å². The third-order valence-electron chi connectivity index (χ3n) is 5.39. The first-order chi connectivity index (χ1) is 13.0. The molecule has 1 aromatic rings. The van der Waals surface area contributed by atoms with Gasteiger partial charge in [0, 0.05) is 17.9 Å². The molecule has 0 amide bonds. The molecular weight excluding hydrogens is 348 g/mol. The van der Waals surface area contributed by atoms with Gasteiger partial charge in [-0.3, -0.25) is 0 Å². The van der Waals surface area contributed by atoms with E-state index in [2.05, 4.69) is 13.8 Å². The zero-order valence-corrected chi connectivity index (χ0v) is 16.6. The Morgan fingerprint density at radius 2 is 1.85 bits per heavy atom. The molecule has 1 heterocycles. The molecule has 6 heteroatoms. The topological polar surface area (TPSA) is 88.4 Å². The van der Waals surface area contributed by atoms with E-state index in [0.29, 0.717) is 18.9 Å². The van der Waals surface area contributed by atoms with Gasteiger partial charge in [0.25, 0.3) is 0 Å². The molecule has 0 aromatic heterocycles. The average Bonchev–Trinajstić information content (AvgIpc) is 2.71. The Morgan fingerprint density at radius 3 is 2.44 bits per heavy atom. The van der Waals surface area contributed by atoms with Gasteiger partial charge in [0.2, 0.25) is 0 Å². The fourth-order valence-electron chi connectivity index (χ4n) is 3.61. The predicted molar refractivity (Wildman–Crippen MR) is 102 cm³/mol. The SMILES string of the molecule is CC[C@@H]1COC(c2ccc(OC)cc2)O[C@@H]1[C@H](C)CC[C@@H](O)C[C@H](O)CO. The van der Waals surface area contributed by atoms with E-state index in [9.17, 15) is 10.2 Å². The highest BCUT2D eigenvalue weighted by Crippen LogP contribution is 2.36. The van der Waals surface area contributed by atoms with Gasteiger partial charge in [-0.15, -0.1) is 0 Å². The Bertz CT molecular complexity index is 534. The van der Waals surface area contributed by atoms with Crippen LogP contribution in [0.15, 0.2) is 24.3 Å². The number of hydrogen-bond acceptors (Lipinski definition) is 6. The quantitative estimate of drug-likeness (QED) is 0.577. The number of hydrogen-bond donors (Lipinski definition) is 3. The Kier molecular flexibility index (Phi) is 8.99. The molecule has 6 nitrogen and oxygen atoms in total. The smallest absolute Gasteiger partial charge is 0.184 e. The van der Waals surface area contributed by atoms with Crippen molar-refractivity contribution in [2.75, 3.05) is 20.3 Å². The maximum Gasteiger partial charge on any atom is 0.184 e. The van der Waals surface area contributed by atoms with Crippen molar-refractivity contribution in [2.24, 2.45) is 11.8 Å². The first-order valence-electron chi connectivity index (χ1n) is 9.86. The third kappa shape index (κ3) is 6.43. The van der Waals surface area contributed by atoms with Crippen LogP contribution in [-0.2, 0) is 9.47 Å². The summed E-state index contributed by atoms with van der Waals surface area (Å²) in [6.45, 7) is 4.60. The molecular formula is C21H34O6. The van der Waals surface area contributed by atoms with Crippen LogP contribution in [0.25, 0.3) is 0 Å². The minimum Gasteiger partial charge on any atom is -0.497 e. The zero-order chi connectivity index (χ0) is 19.8. The summed E-state index contributed by atoms with van der Waals surface area (Å²) in [6, 6.07) is 7.71. The molecule has 1 aromatic carbocycles. The summed E-state index contributed by atoms with van der Waals surface area (Å²) >= 11 is 0. The predicted octanol–water partition coefficient (Wildman–Crippen LogP) is 2.66. The minimum atomic E-state index is -0.863. The summed E-state index contributed by atoms with van der Waals surface area (Å²) in [5.41, 5.74) is 0.966. The van der Waals surface area contributed by atoms with Crippen molar-refractivity contribution in [1.82, 2.24) is 0 Å². The zero-order valence-electron chi connectivity index (χ0n) is 16.6. The van der Waals surface area contributed by atoms with E-state index in [1.54, 1.807) is 7.11 Å². The van der Waals surface area contributed by atoms with Gasteiger partial charge < -0.3 is 29.5 Å². The Morgan fingerprint density at radius 1 is 1.15 bits per heavy atom. The van der Waals surface area contributed by atoms with Crippen molar-refractivity contribution in [3.63, 3.8) is 0 Å². The van der Waals surface area contributed by atoms with Crippen LogP contribution < -0.4 is 4.74 Å². The fourth-order valence-corrected chi connectivity index (χ4v) is 3.61. The van der Waals surface area contributed by atoms with E-state index >= 15 is 0 Å². The van der Waals surface area contributed by atoms with Crippen LogP contribution in [-0.4, -0.2) is 54.0 Å². The highest BCUT2D eigenvalue weighted by molar-refractivity contribution is 5.28. The van der Waals surface area contributed by atoms with Gasteiger partial charge in [0.15, 0.2) is 6.29 Å². The summed E-state index contributed by atoms with van der Waals surface area (Å²) < 4.78 is 17.5. The number of rotatable bonds is 10. The molecule has 2 rings (SSSR count). The van der Waals surface area contributed by atoms with Crippen LogP contribution in [0, 0.1) is 11.8 Å². The van der Waals surface area contributed by atoms with Gasteiger partial charge in [0.1, 0.15) is 5.75 Å². The molecule has 154 valence electrons. The summed E-state index contributed by atoms with van der Waals surface area (Å²) in [5.74, 6) is 1.36. The third-order valence-corrected chi connectivity index (χ3v) is 5.39. The lowest BCUT2D eigenvalue weighted by molar-refractivity contribution is -0.253. The molecule has 0 aliphatic carbocycles. The van der Waals surface area contributed by atoms with E-state index in [1.165, 1.54) is 0 Å². The van der Waals surface area contributed by atoms with E-state index in [4.69, 9.17) is 19.3 Å². The lowest BCUT2D eigenvalue weighted by Gasteiger charge is -2.39. The molecule has 27 heavy (non-hydrogen) atoms. The monoisotopic (exact) mass is 382 g/mol. The number of aliphatic hydroxyl groups excluding tert-OH is 3. The van der Waals surface area contributed by atoms with Gasteiger partial charge in [0.05, 0.1) is 38.6 Å². The van der Waals surface area contributed by atoms with Crippen molar-refractivity contribution in [2.45, 2.75) is 64.1 Å².